The summed E-state index contributed by atoms with van der Waals surface area (Å²) in [5.74, 6) is -0.922. The van der Waals surface area contributed by atoms with Gasteiger partial charge in [0.25, 0.3) is 11.8 Å². The Hall–Kier alpha value is -3.54. The van der Waals surface area contributed by atoms with E-state index in [0.29, 0.717) is 23.3 Å². The van der Waals surface area contributed by atoms with Gasteiger partial charge in [0.2, 0.25) is 0 Å². The minimum Gasteiger partial charge on any atom is -0.381 e. The molecule has 5 rings (SSSR count). The predicted molar refractivity (Wildman–Crippen MR) is 163 cm³/mol. The van der Waals surface area contributed by atoms with E-state index >= 15 is 0 Å². The van der Waals surface area contributed by atoms with E-state index in [1.807, 2.05) is 18.2 Å². The number of nitrogens with one attached hydrogen (secondary N) is 3. The third-order valence-electron chi connectivity index (χ3n) is 7.27. The first-order valence-electron chi connectivity index (χ1n) is 14.6. The average molecular weight is 567 g/mol. The number of fused-ring (bicyclic) bond motifs is 1. The van der Waals surface area contributed by atoms with Gasteiger partial charge in [0.15, 0.2) is 0 Å². The monoisotopic (exact) mass is 566 g/mol. The first kappa shape index (κ1) is 32.0. The summed E-state index contributed by atoms with van der Waals surface area (Å²) in [5, 5.41) is 23.4. The fourth-order valence-electron chi connectivity index (χ4n) is 4.80. The van der Waals surface area contributed by atoms with E-state index in [4.69, 9.17) is 11.5 Å². The zero-order valence-electron chi connectivity index (χ0n) is 24.3. The summed E-state index contributed by atoms with van der Waals surface area (Å²) in [6, 6.07) is 8.40. The highest BCUT2D eigenvalue weighted by molar-refractivity contribution is 6.00. The van der Waals surface area contributed by atoms with Crippen molar-refractivity contribution < 1.29 is 14.7 Å². The third-order valence-corrected chi connectivity index (χ3v) is 7.27. The number of carbonyl (C=O) groups is 2. The second kappa shape index (κ2) is 16.7. The van der Waals surface area contributed by atoms with Crippen LogP contribution in [0.25, 0.3) is 10.9 Å². The molecule has 0 aliphatic heterocycles. The molecule has 2 amide bonds. The van der Waals surface area contributed by atoms with Crippen molar-refractivity contribution >= 4 is 34.1 Å². The van der Waals surface area contributed by atoms with Gasteiger partial charge in [0.1, 0.15) is 6.10 Å². The van der Waals surface area contributed by atoms with Crippen LogP contribution in [0.2, 0.25) is 0 Å². The van der Waals surface area contributed by atoms with Gasteiger partial charge in [-0.15, -0.1) is 0 Å². The molecular weight excluding hydrogens is 520 g/mol. The number of H-pyrrole nitrogens is 1. The van der Waals surface area contributed by atoms with Crippen LogP contribution in [0.15, 0.2) is 42.9 Å². The SMILES string of the molecule is CN(C)C(=O)[C@H](O)CNC(=O)c1cnccc1Nc1ccc2[nH]ncc2c1.NC1CCCCC1.NC1CCCCC1. The number of carbonyl (C=O) groups excluding carboxylic acids is 2. The Kier molecular flexibility index (Phi) is 13.0. The molecule has 0 saturated heterocycles. The van der Waals surface area contributed by atoms with E-state index in [1.165, 1.54) is 89.4 Å². The maximum atomic E-state index is 12.5. The fraction of sp³-hybridized carbons (Fsp3) is 0.533. The summed E-state index contributed by atoms with van der Waals surface area (Å²) in [6.45, 7) is -0.189. The van der Waals surface area contributed by atoms with Crippen molar-refractivity contribution in [1.82, 2.24) is 25.4 Å². The van der Waals surface area contributed by atoms with Gasteiger partial charge in [-0.05, 0) is 49.9 Å². The van der Waals surface area contributed by atoms with Crippen LogP contribution in [0.4, 0.5) is 11.4 Å². The summed E-state index contributed by atoms with van der Waals surface area (Å²) >= 11 is 0. The number of hydrogen-bond acceptors (Lipinski definition) is 8. The molecule has 0 bridgehead atoms. The molecule has 2 heterocycles. The van der Waals surface area contributed by atoms with Gasteiger partial charge in [0.05, 0.1) is 29.5 Å². The zero-order valence-corrected chi connectivity index (χ0v) is 24.3. The summed E-state index contributed by atoms with van der Waals surface area (Å²) in [4.78, 5) is 29.4. The number of anilines is 2. The smallest absolute Gasteiger partial charge is 0.255 e. The Morgan fingerprint density at radius 2 is 1.63 bits per heavy atom. The largest absolute Gasteiger partial charge is 0.381 e. The summed E-state index contributed by atoms with van der Waals surface area (Å²) in [6.07, 6.45) is 16.7. The first-order valence-corrected chi connectivity index (χ1v) is 14.6. The van der Waals surface area contributed by atoms with Crippen LogP contribution < -0.4 is 22.1 Å². The van der Waals surface area contributed by atoms with E-state index in [-0.39, 0.29) is 6.54 Å². The molecule has 2 aliphatic rings. The van der Waals surface area contributed by atoms with Crippen molar-refractivity contribution in [3.8, 4) is 0 Å². The number of hydrogen-bond donors (Lipinski definition) is 6. The molecular formula is C30H46N8O3. The van der Waals surface area contributed by atoms with E-state index in [0.717, 1.165) is 16.6 Å². The molecule has 2 aromatic heterocycles. The van der Waals surface area contributed by atoms with E-state index < -0.39 is 17.9 Å². The normalized spacial score (nSPS) is 16.4. The van der Waals surface area contributed by atoms with E-state index in [2.05, 4.69) is 25.8 Å². The van der Waals surface area contributed by atoms with Crippen molar-refractivity contribution in [2.45, 2.75) is 82.4 Å². The van der Waals surface area contributed by atoms with E-state index in [9.17, 15) is 14.7 Å². The number of aromatic nitrogens is 3. The van der Waals surface area contributed by atoms with Crippen LogP contribution in [0.3, 0.4) is 0 Å². The molecule has 1 aromatic carbocycles. The summed E-state index contributed by atoms with van der Waals surface area (Å²) in [7, 11) is 3.07. The maximum Gasteiger partial charge on any atom is 0.255 e. The average Bonchev–Trinajstić information content (AvgIpc) is 3.45. The number of rotatable bonds is 6. The van der Waals surface area contributed by atoms with Gasteiger partial charge >= 0.3 is 0 Å². The lowest BCUT2D eigenvalue weighted by molar-refractivity contribution is -0.137. The lowest BCUT2D eigenvalue weighted by Gasteiger charge is -2.17. The number of aromatic amines is 1. The molecule has 8 N–H and O–H groups in total. The summed E-state index contributed by atoms with van der Waals surface area (Å²) < 4.78 is 0. The minimum absolute atomic E-state index is 0.189. The number of nitrogens with two attached hydrogens (primary N) is 2. The van der Waals surface area contributed by atoms with Gasteiger partial charge in [-0.1, -0.05) is 38.5 Å². The number of likely N-dealkylation sites (N-methyl/N-ethyl adjacent to an activating group) is 1. The van der Waals surface area contributed by atoms with Crippen LogP contribution in [-0.4, -0.2) is 75.8 Å². The molecule has 224 valence electrons. The van der Waals surface area contributed by atoms with E-state index in [1.54, 1.807) is 18.5 Å². The number of aliphatic hydroxyl groups is 1. The Bertz CT molecular complexity index is 1200. The molecule has 2 saturated carbocycles. The van der Waals surface area contributed by atoms with Crippen molar-refractivity contribution in [2.24, 2.45) is 11.5 Å². The van der Waals surface area contributed by atoms with Crippen molar-refractivity contribution in [1.29, 1.82) is 0 Å². The third kappa shape index (κ3) is 10.8. The number of nitrogens with zero attached hydrogens (tertiary/aromatic N) is 3. The van der Waals surface area contributed by atoms with Crippen molar-refractivity contribution in [2.75, 3.05) is 26.0 Å². The minimum atomic E-state index is -1.31. The highest BCUT2D eigenvalue weighted by Gasteiger charge is 2.19. The van der Waals surface area contributed by atoms with Gasteiger partial charge in [-0.25, -0.2) is 0 Å². The molecule has 1 atom stereocenters. The zero-order chi connectivity index (χ0) is 29.6. The first-order chi connectivity index (χ1) is 19.7. The van der Waals surface area contributed by atoms with Crippen molar-refractivity contribution in [3.63, 3.8) is 0 Å². The van der Waals surface area contributed by atoms with Crippen LogP contribution in [0.1, 0.15) is 74.6 Å². The molecule has 0 unspecified atom stereocenters. The standard InChI is InChI=1S/C18H20N6O3.2C6H13N/c1-24(2)18(27)16(25)10-20-17(26)13-9-19-6-5-15(13)22-12-3-4-14-11(7-12)8-21-23-14;2*7-6-4-2-1-3-5-6/h3-9,16,25H,10H2,1-2H3,(H,19,22)(H,20,26)(H,21,23);2*6H,1-5,7H2/t16-;;/m1../s1. The molecule has 41 heavy (non-hydrogen) atoms. The van der Waals surface area contributed by atoms with Gasteiger partial charge in [-0.3, -0.25) is 19.7 Å². The Labute approximate surface area is 242 Å². The lowest BCUT2D eigenvalue weighted by atomic mass is 9.97. The Morgan fingerprint density at radius 1 is 1.00 bits per heavy atom. The molecule has 0 radical (unpaired) electrons. The van der Waals surface area contributed by atoms with Gasteiger partial charge in [0, 0.05) is 49.6 Å². The maximum absolute atomic E-state index is 12.5. The number of aliphatic hydroxyl groups excluding tert-OH is 1. The topological polar surface area (TPSA) is 175 Å². The van der Waals surface area contributed by atoms with Crippen LogP contribution in [0, 0.1) is 0 Å². The molecule has 3 aromatic rings. The van der Waals surface area contributed by atoms with Crippen LogP contribution in [0.5, 0.6) is 0 Å². The highest BCUT2D eigenvalue weighted by Crippen LogP contribution is 2.23. The molecule has 11 nitrogen and oxygen atoms in total. The second-order valence-electron chi connectivity index (χ2n) is 11.0. The second-order valence-corrected chi connectivity index (χ2v) is 11.0. The molecule has 11 heteroatoms. The molecule has 2 aliphatic carbocycles. The quantitative estimate of drug-likeness (QED) is 0.263. The Balaban J connectivity index is 0.000000267. The van der Waals surface area contributed by atoms with Gasteiger partial charge in [-0.2, -0.15) is 5.10 Å². The number of amides is 2. The van der Waals surface area contributed by atoms with Crippen LogP contribution >= 0.6 is 0 Å². The van der Waals surface area contributed by atoms with Crippen molar-refractivity contribution in [3.05, 3.63) is 48.4 Å². The van der Waals surface area contributed by atoms with Gasteiger partial charge < -0.3 is 32.1 Å². The number of pyridine rings is 1. The Morgan fingerprint density at radius 3 is 2.20 bits per heavy atom. The molecule has 0 spiro atoms. The number of benzene rings is 1. The molecule has 2 fully saturated rings. The fourth-order valence-corrected chi connectivity index (χ4v) is 4.80. The predicted octanol–water partition coefficient (Wildman–Crippen LogP) is 3.44. The lowest BCUT2D eigenvalue weighted by Crippen LogP contribution is -2.42. The van der Waals surface area contributed by atoms with Crippen LogP contribution in [-0.2, 0) is 4.79 Å². The summed E-state index contributed by atoms with van der Waals surface area (Å²) in [5.41, 5.74) is 13.8. The highest BCUT2D eigenvalue weighted by atomic mass is 16.3.